The highest BCUT2D eigenvalue weighted by atomic mass is 16.5. The van der Waals surface area contributed by atoms with Crippen LogP contribution in [0.3, 0.4) is 0 Å². The van der Waals surface area contributed by atoms with Gasteiger partial charge >= 0.3 is 5.97 Å². The van der Waals surface area contributed by atoms with Crippen LogP contribution in [0.25, 0.3) is 5.70 Å². The molecular formula is C23H31N5O4. The van der Waals surface area contributed by atoms with Crippen LogP contribution in [0.4, 0.5) is 11.8 Å². The Balaban J connectivity index is 2.48. The van der Waals surface area contributed by atoms with E-state index < -0.39 is 11.9 Å². The summed E-state index contributed by atoms with van der Waals surface area (Å²) in [6.07, 6.45) is 2.89. The SMILES string of the molecule is C=CC(=C)n1c(N(C)C)nc(NC(=O)c2cccnc2CO)c1CC(=O)OCC(C)(C)C. The van der Waals surface area contributed by atoms with Gasteiger partial charge in [-0.1, -0.05) is 33.9 Å². The summed E-state index contributed by atoms with van der Waals surface area (Å²) in [6, 6.07) is 3.15. The number of hydrogen-bond donors (Lipinski definition) is 2. The Morgan fingerprint density at radius 1 is 1.34 bits per heavy atom. The fourth-order valence-electron chi connectivity index (χ4n) is 2.83. The van der Waals surface area contributed by atoms with Crippen molar-refractivity contribution in [2.75, 3.05) is 30.9 Å². The fourth-order valence-corrected chi connectivity index (χ4v) is 2.83. The van der Waals surface area contributed by atoms with Gasteiger partial charge in [-0.25, -0.2) is 0 Å². The Labute approximate surface area is 188 Å². The lowest BCUT2D eigenvalue weighted by Crippen LogP contribution is -2.22. The molecule has 9 nitrogen and oxygen atoms in total. The van der Waals surface area contributed by atoms with Gasteiger partial charge < -0.3 is 20.1 Å². The summed E-state index contributed by atoms with van der Waals surface area (Å²) in [5.41, 5.74) is 1.14. The second-order valence-electron chi connectivity index (χ2n) is 8.64. The van der Waals surface area contributed by atoms with Crippen molar-refractivity contribution < 1.29 is 19.4 Å². The average molecular weight is 442 g/mol. The van der Waals surface area contributed by atoms with Crippen LogP contribution in [0, 0.1) is 5.41 Å². The van der Waals surface area contributed by atoms with Gasteiger partial charge in [0, 0.05) is 26.0 Å². The first-order chi connectivity index (χ1) is 15.0. The molecule has 0 fully saturated rings. The maximum absolute atomic E-state index is 12.9. The molecule has 0 aliphatic heterocycles. The van der Waals surface area contributed by atoms with Crippen LogP contribution in [0.2, 0.25) is 0 Å². The number of imidazole rings is 1. The molecule has 0 saturated heterocycles. The van der Waals surface area contributed by atoms with Crippen molar-refractivity contribution in [3.63, 3.8) is 0 Å². The maximum atomic E-state index is 12.9. The van der Waals surface area contributed by atoms with Gasteiger partial charge in [0.2, 0.25) is 5.95 Å². The zero-order chi connectivity index (χ0) is 24.1. The average Bonchev–Trinajstić information content (AvgIpc) is 3.09. The van der Waals surface area contributed by atoms with E-state index >= 15 is 0 Å². The Kier molecular flexibility index (Phi) is 7.93. The summed E-state index contributed by atoms with van der Waals surface area (Å²) in [6.45, 7) is 13.5. The highest BCUT2D eigenvalue weighted by Gasteiger charge is 2.25. The van der Waals surface area contributed by atoms with Gasteiger partial charge in [0.25, 0.3) is 5.91 Å². The molecule has 0 atom stereocenters. The summed E-state index contributed by atoms with van der Waals surface area (Å²) in [5, 5.41) is 12.2. The number of aliphatic hydroxyl groups excluding tert-OH is 1. The smallest absolute Gasteiger partial charge is 0.311 e. The highest BCUT2D eigenvalue weighted by molar-refractivity contribution is 6.05. The second kappa shape index (κ2) is 10.2. The van der Waals surface area contributed by atoms with Crippen molar-refractivity contribution in [1.29, 1.82) is 0 Å². The summed E-state index contributed by atoms with van der Waals surface area (Å²) >= 11 is 0. The van der Waals surface area contributed by atoms with E-state index in [9.17, 15) is 14.7 Å². The number of pyridine rings is 1. The molecule has 0 bridgehead atoms. The number of allylic oxidation sites excluding steroid dienone is 2. The molecule has 0 radical (unpaired) electrons. The normalized spacial score (nSPS) is 11.1. The maximum Gasteiger partial charge on any atom is 0.311 e. The minimum absolute atomic E-state index is 0.140. The first-order valence-corrected chi connectivity index (χ1v) is 10.1. The molecule has 2 aromatic heterocycles. The lowest BCUT2D eigenvalue weighted by Gasteiger charge is -2.19. The Morgan fingerprint density at radius 2 is 2.03 bits per heavy atom. The van der Waals surface area contributed by atoms with Crippen molar-refractivity contribution in [3.05, 3.63) is 54.5 Å². The van der Waals surface area contributed by atoms with Crippen LogP contribution in [0.15, 0.2) is 37.6 Å². The van der Waals surface area contributed by atoms with Crippen LogP contribution >= 0.6 is 0 Å². The molecule has 2 heterocycles. The molecule has 0 aliphatic carbocycles. The predicted octanol–water partition coefficient (Wildman–Crippen LogP) is 2.88. The number of esters is 1. The standard InChI is InChI=1S/C23H31N5O4/c1-8-15(2)28-18(12-19(30)32-14-23(3,4)5)20(26-22(28)27(6)7)25-21(31)16-10-9-11-24-17(16)13-29/h8-11,29H,1-2,12-14H2,3-7H3,(H,25,31). The Hall–Kier alpha value is -3.46. The van der Waals surface area contributed by atoms with Gasteiger partial charge in [0.15, 0.2) is 5.82 Å². The van der Waals surface area contributed by atoms with Crippen molar-refractivity contribution >= 4 is 29.3 Å². The third-order valence-electron chi connectivity index (χ3n) is 4.37. The number of amides is 1. The molecule has 172 valence electrons. The highest BCUT2D eigenvalue weighted by Crippen LogP contribution is 2.28. The van der Waals surface area contributed by atoms with E-state index in [-0.39, 0.29) is 42.1 Å². The van der Waals surface area contributed by atoms with Gasteiger partial charge in [-0.2, -0.15) is 4.98 Å². The van der Waals surface area contributed by atoms with E-state index in [0.29, 0.717) is 17.3 Å². The lowest BCUT2D eigenvalue weighted by atomic mass is 9.99. The number of carbonyl (C=O) groups is 2. The fraction of sp³-hybridized carbons (Fsp3) is 0.391. The van der Waals surface area contributed by atoms with E-state index in [1.807, 2.05) is 20.8 Å². The molecule has 9 heteroatoms. The van der Waals surface area contributed by atoms with E-state index in [4.69, 9.17) is 4.74 Å². The topological polar surface area (TPSA) is 110 Å². The van der Waals surface area contributed by atoms with Crippen LogP contribution < -0.4 is 10.2 Å². The largest absolute Gasteiger partial charge is 0.465 e. The molecule has 2 rings (SSSR count). The summed E-state index contributed by atoms with van der Waals surface area (Å²) < 4.78 is 7.07. The zero-order valence-corrected chi connectivity index (χ0v) is 19.3. The molecule has 0 spiro atoms. The number of nitrogens with zero attached hydrogens (tertiary/aromatic N) is 4. The van der Waals surface area contributed by atoms with Crippen LogP contribution in [0.1, 0.15) is 42.5 Å². The van der Waals surface area contributed by atoms with Crippen molar-refractivity contribution in [2.24, 2.45) is 5.41 Å². The number of rotatable bonds is 9. The quantitative estimate of drug-likeness (QED) is 0.455. The molecule has 0 aliphatic rings. The van der Waals surface area contributed by atoms with E-state index in [0.717, 1.165) is 0 Å². The molecular weight excluding hydrogens is 410 g/mol. The number of ether oxygens (including phenoxy) is 1. The van der Waals surface area contributed by atoms with Crippen molar-refractivity contribution in [3.8, 4) is 0 Å². The monoisotopic (exact) mass is 441 g/mol. The number of nitrogens with one attached hydrogen (secondary N) is 1. The van der Waals surface area contributed by atoms with Crippen molar-refractivity contribution in [1.82, 2.24) is 14.5 Å². The molecule has 2 N–H and O–H groups in total. The summed E-state index contributed by atoms with van der Waals surface area (Å²) in [5.74, 6) is -0.332. The van der Waals surface area contributed by atoms with Gasteiger partial charge in [0.05, 0.1) is 36.6 Å². The zero-order valence-electron chi connectivity index (χ0n) is 19.3. The first-order valence-electron chi connectivity index (χ1n) is 10.1. The molecule has 32 heavy (non-hydrogen) atoms. The minimum atomic E-state index is -0.509. The molecule has 0 unspecified atom stereocenters. The number of hydrogen-bond acceptors (Lipinski definition) is 7. The molecule has 1 amide bonds. The molecule has 2 aromatic rings. The van der Waals surface area contributed by atoms with Crippen LogP contribution in [-0.4, -0.2) is 52.2 Å². The number of carbonyl (C=O) groups excluding carboxylic acids is 2. The van der Waals surface area contributed by atoms with E-state index in [1.54, 1.807) is 35.7 Å². The van der Waals surface area contributed by atoms with E-state index in [1.165, 1.54) is 12.3 Å². The van der Waals surface area contributed by atoms with Crippen LogP contribution in [0.5, 0.6) is 0 Å². The predicted molar refractivity (Wildman–Crippen MR) is 124 cm³/mol. The Morgan fingerprint density at radius 3 is 2.59 bits per heavy atom. The number of anilines is 2. The molecule has 0 saturated carbocycles. The second-order valence-corrected chi connectivity index (χ2v) is 8.64. The van der Waals surface area contributed by atoms with Gasteiger partial charge in [0.1, 0.15) is 0 Å². The Bertz CT molecular complexity index is 1020. The van der Waals surface area contributed by atoms with Crippen LogP contribution in [-0.2, 0) is 22.6 Å². The summed E-state index contributed by atoms with van der Waals surface area (Å²) in [7, 11) is 3.57. The summed E-state index contributed by atoms with van der Waals surface area (Å²) in [4.78, 5) is 35.8. The van der Waals surface area contributed by atoms with E-state index in [2.05, 4.69) is 28.4 Å². The first kappa shape index (κ1) is 24.8. The minimum Gasteiger partial charge on any atom is -0.465 e. The third-order valence-corrected chi connectivity index (χ3v) is 4.37. The lowest BCUT2D eigenvalue weighted by molar-refractivity contribution is -0.145. The van der Waals surface area contributed by atoms with Gasteiger partial charge in [-0.15, -0.1) is 0 Å². The van der Waals surface area contributed by atoms with Gasteiger partial charge in [-0.3, -0.25) is 19.1 Å². The van der Waals surface area contributed by atoms with Crippen molar-refractivity contribution in [2.45, 2.75) is 33.8 Å². The molecule has 0 aromatic carbocycles. The number of aromatic nitrogens is 3. The number of aliphatic hydroxyl groups is 1. The van der Waals surface area contributed by atoms with Gasteiger partial charge in [-0.05, 0) is 23.6 Å². The third kappa shape index (κ3) is 6.04.